The Morgan fingerprint density at radius 2 is 1.71 bits per heavy atom. The number of para-hydroxylation sites is 1. The van der Waals surface area contributed by atoms with Gasteiger partial charge in [0.05, 0.1) is 11.0 Å². The van der Waals surface area contributed by atoms with Gasteiger partial charge in [-0.1, -0.05) is 24.3 Å². The van der Waals surface area contributed by atoms with E-state index in [-0.39, 0.29) is 0 Å². The highest BCUT2D eigenvalue weighted by Gasteiger charge is 2.14. The molecule has 4 aromatic heterocycles. The maximum atomic E-state index is 4.72. The summed E-state index contributed by atoms with van der Waals surface area (Å²) in [6.45, 7) is 0. The van der Waals surface area contributed by atoms with E-state index in [1.807, 2.05) is 24.5 Å². The van der Waals surface area contributed by atoms with Crippen LogP contribution in [-0.4, -0.2) is 14.5 Å². The van der Waals surface area contributed by atoms with Crippen molar-refractivity contribution in [3.8, 4) is 16.9 Å². The molecule has 0 radical (unpaired) electrons. The highest BCUT2D eigenvalue weighted by atomic mass is 32.1. The van der Waals surface area contributed by atoms with Gasteiger partial charge in [-0.3, -0.25) is 9.55 Å². The lowest BCUT2D eigenvalue weighted by atomic mass is 10.1. The van der Waals surface area contributed by atoms with Crippen LogP contribution < -0.4 is 0 Å². The Labute approximate surface area is 165 Å². The molecule has 28 heavy (non-hydrogen) atoms. The van der Waals surface area contributed by atoms with Crippen LogP contribution in [-0.2, 0) is 0 Å². The molecule has 0 atom stereocenters. The lowest BCUT2D eigenvalue weighted by molar-refractivity contribution is 1.08. The Bertz CT molecular complexity index is 1460. The monoisotopic (exact) mass is 377 g/mol. The van der Waals surface area contributed by atoms with Gasteiger partial charge in [0.1, 0.15) is 5.82 Å². The summed E-state index contributed by atoms with van der Waals surface area (Å²) in [5.41, 5.74) is 4.56. The van der Waals surface area contributed by atoms with Gasteiger partial charge in [0.15, 0.2) is 0 Å². The summed E-state index contributed by atoms with van der Waals surface area (Å²) in [4.78, 5) is 8.98. The van der Waals surface area contributed by atoms with E-state index in [0.29, 0.717) is 0 Å². The Balaban J connectivity index is 1.69. The fraction of sp³-hybridized carbons (Fsp3) is 0. The van der Waals surface area contributed by atoms with Gasteiger partial charge in [0, 0.05) is 39.6 Å². The summed E-state index contributed by atoms with van der Waals surface area (Å²) in [5.74, 6) is 0.919. The average Bonchev–Trinajstić information content (AvgIpc) is 3.34. The van der Waals surface area contributed by atoms with Gasteiger partial charge in [-0.15, -0.1) is 11.3 Å². The van der Waals surface area contributed by atoms with Crippen LogP contribution in [0, 0.1) is 0 Å². The Hall–Kier alpha value is -3.50. The number of hydrogen-bond donors (Lipinski definition) is 0. The third-order valence-electron chi connectivity index (χ3n) is 5.22. The first-order valence-corrected chi connectivity index (χ1v) is 10.0. The second kappa shape index (κ2) is 6.01. The predicted octanol–water partition coefficient (Wildman–Crippen LogP) is 6.46. The second-order valence-corrected chi connectivity index (χ2v) is 7.77. The van der Waals surface area contributed by atoms with Crippen molar-refractivity contribution in [2.45, 2.75) is 0 Å². The lowest BCUT2D eigenvalue weighted by Gasteiger charge is -2.09. The lowest BCUT2D eigenvalue weighted by Crippen LogP contribution is -1.97. The van der Waals surface area contributed by atoms with E-state index in [1.54, 1.807) is 17.5 Å². The van der Waals surface area contributed by atoms with Gasteiger partial charge in [-0.25, -0.2) is 4.98 Å². The zero-order valence-electron chi connectivity index (χ0n) is 14.9. The molecule has 0 spiro atoms. The molecule has 0 bridgehead atoms. The standard InChI is InChI=1S/C24H15N3S/c1-2-6-21-19(5-1)20-14-23-17(8-11-28-23)12-22(20)27(21)24-13-16(7-10-26-24)18-4-3-9-25-15-18/h1-15H. The van der Waals surface area contributed by atoms with Gasteiger partial charge in [-0.2, -0.15) is 0 Å². The maximum Gasteiger partial charge on any atom is 0.138 e. The highest BCUT2D eigenvalue weighted by Crippen LogP contribution is 2.36. The SMILES string of the molecule is c1cncc(-c2ccnc(-n3c4ccccc4c4cc5sccc5cc43)c2)c1. The fourth-order valence-corrected chi connectivity index (χ4v) is 4.74. The third-order valence-corrected chi connectivity index (χ3v) is 6.10. The van der Waals surface area contributed by atoms with E-state index in [0.717, 1.165) is 16.9 Å². The van der Waals surface area contributed by atoms with Crippen molar-refractivity contribution < 1.29 is 0 Å². The van der Waals surface area contributed by atoms with Crippen LogP contribution in [0.5, 0.6) is 0 Å². The highest BCUT2D eigenvalue weighted by molar-refractivity contribution is 7.17. The molecule has 0 saturated carbocycles. The van der Waals surface area contributed by atoms with Crippen molar-refractivity contribution >= 4 is 43.2 Å². The zero-order valence-corrected chi connectivity index (χ0v) is 15.7. The Kier molecular flexibility index (Phi) is 3.34. The van der Waals surface area contributed by atoms with E-state index in [2.05, 4.69) is 69.5 Å². The minimum atomic E-state index is 0.919. The van der Waals surface area contributed by atoms with Crippen LogP contribution in [0.2, 0.25) is 0 Å². The first kappa shape index (κ1) is 15.5. The number of fused-ring (bicyclic) bond motifs is 4. The van der Waals surface area contributed by atoms with Crippen LogP contribution in [0.3, 0.4) is 0 Å². The summed E-state index contributed by atoms with van der Waals surface area (Å²) in [5, 5.41) is 5.93. The molecule has 4 heteroatoms. The summed E-state index contributed by atoms with van der Waals surface area (Å²) in [6, 6.07) is 23.5. The van der Waals surface area contributed by atoms with Gasteiger partial charge < -0.3 is 0 Å². The van der Waals surface area contributed by atoms with Gasteiger partial charge in [0.25, 0.3) is 0 Å². The first-order valence-electron chi connectivity index (χ1n) is 9.16. The minimum absolute atomic E-state index is 0.919. The van der Waals surface area contributed by atoms with Gasteiger partial charge in [0.2, 0.25) is 0 Å². The summed E-state index contributed by atoms with van der Waals surface area (Å²) in [6.07, 6.45) is 5.56. The van der Waals surface area contributed by atoms with Crippen molar-refractivity contribution in [1.82, 2.24) is 14.5 Å². The van der Waals surface area contributed by atoms with Crippen LogP contribution in [0.1, 0.15) is 0 Å². The first-order chi connectivity index (χ1) is 13.9. The molecular formula is C24H15N3S. The summed E-state index contributed by atoms with van der Waals surface area (Å²) >= 11 is 1.78. The number of hydrogen-bond acceptors (Lipinski definition) is 3. The predicted molar refractivity (Wildman–Crippen MR) is 117 cm³/mol. The van der Waals surface area contributed by atoms with Gasteiger partial charge in [-0.05, 0) is 58.8 Å². The molecule has 0 aliphatic rings. The number of nitrogens with zero attached hydrogens (tertiary/aromatic N) is 3. The number of aromatic nitrogens is 3. The summed E-state index contributed by atoms with van der Waals surface area (Å²) in [7, 11) is 0. The van der Waals surface area contributed by atoms with Gasteiger partial charge >= 0.3 is 0 Å². The van der Waals surface area contributed by atoms with Crippen molar-refractivity contribution in [3.63, 3.8) is 0 Å². The normalized spacial score (nSPS) is 11.6. The topological polar surface area (TPSA) is 30.7 Å². The molecule has 4 heterocycles. The van der Waals surface area contributed by atoms with Crippen LogP contribution in [0.15, 0.2) is 90.7 Å². The number of benzene rings is 2. The van der Waals surface area contributed by atoms with Crippen molar-refractivity contribution in [2.24, 2.45) is 0 Å². The Morgan fingerprint density at radius 1 is 0.750 bits per heavy atom. The van der Waals surface area contributed by atoms with E-state index in [1.165, 1.54) is 31.9 Å². The molecule has 0 unspecified atom stereocenters. The average molecular weight is 377 g/mol. The van der Waals surface area contributed by atoms with Crippen LogP contribution in [0.4, 0.5) is 0 Å². The molecule has 3 nitrogen and oxygen atoms in total. The maximum absolute atomic E-state index is 4.72. The van der Waals surface area contributed by atoms with Crippen molar-refractivity contribution in [2.75, 3.05) is 0 Å². The third kappa shape index (κ3) is 2.28. The fourth-order valence-electron chi connectivity index (χ4n) is 3.92. The molecule has 0 aliphatic carbocycles. The molecule has 6 rings (SSSR count). The number of pyridine rings is 2. The Morgan fingerprint density at radius 3 is 2.64 bits per heavy atom. The molecule has 0 fully saturated rings. The van der Waals surface area contributed by atoms with Crippen LogP contribution >= 0.6 is 11.3 Å². The van der Waals surface area contributed by atoms with E-state index < -0.39 is 0 Å². The minimum Gasteiger partial charge on any atom is -0.294 e. The molecule has 2 aromatic carbocycles. The van der Waals surface area contributed by atoms with E-state index in [9.17, 15) is 0 Å². The molecule has 132 valence electrons. The molecule has 0 saturated heterocycles. The zero-order chi connectivity index (χ0) is 18.5. The largest absolute Gasteiger partial charge is 0.294 e. The molecule has 0 amide bonds. The molecular weight excluding hydrogens is 362 g/mol. The quantitative estimate of drug-likeness (QED) is 0.347. The van der Waals surface area contributed by atoms with Crippen molar-refractivity contribution in [1.29, 1.82) is 0 Å². The van der Waals surface area contributed by atoms with Crippen LogP contribution in [0.25, 0.3) is 48.8 Å². The molecule has 6 aromatic rings. The number of thiophene rings is 1. The van der Waals surface area contributed by atoms with E-state index in [4.69, 9.17) is 4.98 Å². The smallest absolute Gasteiger partial charge is 0.138 e. The summed E-state index contributed by atoms with van der Waals surface area (Å²) < 4.78 is 3.58. The van der Waals surface area contributed by atoms with E-state index >= 15 is 0 Å². The van der Waals surface area contributed by atoms with Crippen molar-refractivity contribution in [3.05, 3.63) is 90.7 Å². The molecule has 0 N–H and O–H groups in total. The number of rotatable bonds is 2. The second-order valence-electron chi connectivity index (χ2n) is 6.82. The molecule has 0 aliphatic heterocycles.